The van der Waals surface area contributed by atoms with Crippen LogP contribution < -0.4 is 43.4 Å². The van der Waals surface area contributed by atoms with Gasteiger partial charge < -0.3 is 68.9 Å². The Morgan fingerprint density at radius 3 is 1.62 bits per heavy atom. The lowest BCUT2D eigenvalue weighted by atomic mass is 10.0. The van der Waals surface area contributed by atoms with Gasteiger partial charge in [-0.25, -0.2) is 4.79 Å². The second-order valence-corrected chi connectivity index (χ2v) is 13.2. The number of nitrogens with two attached hydrogens (primary N) is 2. The zero-order valence-corrected chi connectivity index (χ0v) is 31.4. The fraction of sp³-hybridized carbons (Fsp3) is 0.417. The van der Waals surface area contributed by atoms with Crippen molar-refractivity contribution in [1.82, 2.24) is 31.9 Å². The fourth-order valence-corrected chi connectivity index (χ4v) is 5.20. The lowest BCUT2D eigenvalue weighted by molar-refractivity contribution is -0.143. The fourth-order valence-electron chi connectivity index (χ4n) is 5.20. The number of carbonyl (C=O) groups is 9. The van der Waals surface area contributed by atoms with Gasteiger partial charge in [0, 0.05) is 6.42 Å². The predicted molar refractivity (Wildman–Crippen MR) is 200 cm³/mol. The number of hydrogen-bond acceptors (Lipinski definition) is 13. The molecule has 2 rings (SSSR count). The van der Waals surface area contributed by atoms with Crippen LogP contribution in [0.1, 0.15) is 37.8 Å². The molecule has 0 saturated heterocycles. The summed E-state index contributed by atoms with van der Waals surface area (Å²) in [6.45, 7) is 1.32. The maximum absolute atomic E-state index is 13.2. The van der Waals surface area contributed by atoms with Crippen LogP contribution in [0.3, 0.4) is 0 Å². The number of primary amides is 1. The van der Waals surface area contributed by atoms with Crippen LogP contribution in [0, 0.1) is 0 Å². The van der Waals surface area contributed by atoms with Gasteiger partial charge in [0.25, 0.3) is 0 Å². The van der Waals surface area contributed by atoms with E-state index in [1.54, 1.807) is 30.3 Å². The van der Waals surface area contributed by atoms with Crippen molar-refractivity contribution in [1.29, 1.82) is 0 Å². The van der Waals surface area contributed by atoms with E-state index in [1.165, 1.54) is 24.3 Å². The van der Waals surface area contributed by atoms with Crippen LogP contribution in [-0.4, -0.2) is 134 Å². The van der Waals surface area contributed by atoms with Crippen LogP contribution in [0.2, 0.25) is 0 Å². The lowest BCUT2D eigenvalue weighted by Crippen LogP contribution is -2.61. The molecular weight excluding hydrogens is 768 g/mol. The number of aliphatic carboxylic acids is 2. The van der Waals surface area contributed by atoms with Gasteiger partial charge in [-0.2, -0.15) is 0 Å². The highest BCUT2D eigenvalue weighted by atomic mass is 16.4. The standard InChI is InChI=1S/C36H48N8O14/c1-17(45)29(34(55)42-25(36(57)58)13-19-6-4-3-5-7-19)43-27(49)16-39-32(53)23(14-26(38)48)40-33(54)24(15-28(50)51)41-35(56)30(18(2)46)44-31(52)22(37)12-20-8-10-21(47)11-9-20/h3-11,17-18,22-25,29-30,45-47H,12-16,37H2,1-2H3,(H2,38,48)(H,39,53)(H,40,54)(H,41,56)(H,42,55)(H,43,49)(H,44,52)(H,50,51)(H,57,58)/t17-,18-,22+,23+,24+,25+,29+,30+/m1/s1. The molecule has 0 radical (unpaired) electrons. The monoisotopic (exact) mass is 816 g/mol. The second-order valence-electron chi connectivity index (χ2n) is 13.2. The molecule has 0 bridgehead atoms. The number of carbonyl (C=O) groups excluding carboxylic acids is 7. The summed E-state index contributed by atoms with van der Waals surface area (Å²) in [7, 11) is 0. The summed E-state index contributed by atoms with van der Waals surface area (Å²) >= 11 is 0. The zero-order chi connectivity index (χ0) is 43.7. The van der Waals surface area contributed by atoms with E-state index in [0.717, 1.165) is 13.8 Å². The van der Waals surface area contributed by atoms with Gasteiger partial charge in [-0.05, 0) is 43.5 Å². The molecule has 8 atom stereocenters. The molecule has 0 aromatic heterocycles. The minimum atomic E-state index is -1.97. The molecule has 316 valence electrons. The van der Waals surface area contributed by atoms with Gasteiger partial charge in [-0.15, -0.1) is 0 Å². The van der Waals surface area contributed by atoms with E-state index in [4.69, 9.17) is 11.5 Å². The molecular formula is C36H48N8O14. The van der Waals surface area contributed by atoms with Crippen LogP contribution in [-0.2, 0) is 56.0 Å². The zero-order valence-electron chi connectivity index (χ0n) is 31.4. The average Bonchev–Trinajstić information content (AvgIpc) is 3.14. The number of nitrogens with one attached hydrogen (secondary N) is 6. The van der Waals surface area contributed by atoms with Gasteiger partial charge in [0.15, 0.2) is 0 Å². The number of phenolic OH excluding ortho intramolecular Hbond substituents is 1. The minimum absolute atomic E-state index is 0.0311. The number of amides is 7. The summed E-state index contributed by atoms with van der Waals surface area (Å²) in [4.78, 5) is 113. The van der Waals surface area contributed by atoms with Crippen molar-refractivity contribution in [2.75, 3.05) is 6.54 Å². The molecule has 2 aromatic carbocycles. The molecule has 0 aliphatic rings. The minimum Gasteiger partial charge on any atom is -0.508 e. The van der Waals surface area contributed by atoms with Crippen molar-refractivity contribution < 1.29 is 68.7 Å². The molecule has 22 nitrogen and oxygen atoms in total. The normalized spacial score (nSPS) is 15.0. The van der Waals surface area contributed by atoms with Crippen LogP contribution in [0.4, 0.5) is 0 Å². The Balaban J connectivity index is 2.10. The molecule has 7 amide bonds. The number of aliphatic hydroxyl groups is 2. The second kappa shape index (κ2) is 22.8. The van der Waals surface area contributed by atoms with E-state index in [-0.39, 0.29) is 18.6 Å². The first kappa shape index (κ1) is 47.5. The van der Waals surface area contributed by atoms with Crippen molar-refractivity contribution in [2.45, 2.75) is 88.0 Å². The van der Waals surface area contributed by atoms with Crippen molar-refractivity contribution in [3.8, 4) is 5.75 Å². The molecule has 0 fully saturated rings. The molecule has 0 aliphatic heterocycles. The van der Waals surface area contributed by atoms with E-state index in [0.29, 0.717) is 11.1 Å². The van der Waals surface area contributed by atoms with Crippen molar-refractivity contribution in [3.05, 3.63) is 65.7 Å². The Hall–Kier alpha value is -6.65. The Bertz CT molecular complexity index is 1790. The van der Waals surface area contributed by atoms with Gasteiger partial charge in [0.1, 0.15) is 36.0 Å². The predicted octanol–water partition coefficient (Wildman–Crippen LogP) is -4.76. The molecule has 15 N–H and O–H groups in total. The largest absolute Gasteiger partial charge is 0.508 e. The van der Waals surface area contributed by atoms with Gasteiger partial charge in [-0.3, -0.25) is 38.4 Å². The maximum atomic E-state index is 13.2. The highest BCUT2D eigenvalue weighted by Crippen LogP contribution is 2.11. The summed E-state index contributed by atoms with van der Waals surface area (Å²) in [5.41, 5.74) is 12.3. The Kier molecular flexibility index (Phi) is 18.7. The molecule has 22 heteroatoms. The van der Waals surface area contributed by atoms with Crippen molar-refractivity contribution >= 4 is 53.3 Å². The SMILES string of the molecule is C[C@@H](O)[C@H](NC(=O)CNC(=O)[C@H](CC(N)=O)NC(=O)[C@H](CC(=O)O)NC(=O)[C@@H](NC(=O)[C@@H](N)Cc1ccc(O)cc1)[C@@H](C)O)C(=O)N[C@@H](Cc1ccccc1)C(=O)O. The molecule has 2 aromatic rings. The highest BCUT2D eigenvalue weighted by molar-refractivity contribution is 5.98. The van der Waals surface area contributed by atoms with Gasteiger partial charge in [-0.1, -0.05) is 42.5 Å². The number of hydrogen-bond donors (Lipinski definition) is 13. The third-order valence-electron chi connectivity index (χ3n) is 8.24. The molecule has 0 heterocycles. The van der Waals surface area contributed by atoms with Gasteiger partial charge in [0.05, 0.1) is 37.6 Å². The number of carboxylic acid groups (broad SMARTS) is 2. The molecule has 0 spiro atoms. The summed E-state index contributed by atoms with van der Waals surface area (Å²) in [5.74, 6) is -11.0. The number of carboxylic acids is 2. The molecule has 0 saturated carbocycles. The van der Waals surface area contributed by atoms with E-state index in [9.17, 15) is 68.7 Å². The first-order chi connectivity index (χ1) is 27.2. The molecule has 0 aliphatic carbocycles. The van der Waals surface area contributed by atoms with Gasteiger partial charge in [0.2, 0.25) is 41.4 Å². The average molecular weight is 817 g/mol. The summed E-state index contributed by atoms with van der Waals surface area (Å²) in [6, 6.07) is 4.01. The van der Waals surface area contributed by atoms with Crippen LogP contribution in [0.5, 0.6) is 5.75 Å². The number of phenols is 1. The highest BCUT2D eigenvalue weighted by Gasteiger charge is 2.35. The number of benzene rings is 2. The smallest absolute Gasteiger partial charge is 0.326 e. The van der Waals surface area contributed by atoms with E-state index < -0.39 is 121 Å². The first-order valence-electron chi connectivity index (χ1n) is 17.6. The van der Waals surface area contributed by atoms with Crippen LogP contribution in [0.25, 0.3) is 0 Å². The number of aromatic hydroxyl groups is 1. The third kappa shape index (κ3) is 16.2. The summed E-state index contributed by atoms with van der Waals surface area (Å²) < 4.78 is 0. The van der Waals surface area contributed by atoms with Crippen LogP contribution in [0.15, 0.2) is 54.6 Å². The van der Waals surface area contributed by atoms with E-state index in [2.05, 4.69) is 31.9 Å². The summed E-state index contributed by atoms with van der Waals surface area (Å²) in [6.07, 6.45) is -5.33. The number of aliphatic hydroxyl groups excluding tert-OH is 2. The van der Waals surface area contributed by atoms with Crippen molar-refractivity contribution in [3.63, 3.8) is 0 Å². The van der Waals surface area contributed by atoms with E-state index in [1.807, 2.05) is 0 Å². The molecule has 58 heavy (non-hydrogen) atoms. The number of rotatable bonds is 23. The van der Waals surface area contributed by atoms with Crippen molar-refractivity contribution in [2.24, 2.45) is 11.5 Å². The van der Waals surface area contributed by atoms with E-state index >= 15 is 0 Å². The Morgan fingerprint density at radius 2 is 1.10 bits per heavy atom. The maximum Gasteiger partial charge on any atom is 0.326 e. The summed E-state index contributed by atoms with van der Waals surface area (Å²) in [5, 5.41) is 61.8. The Morgan fingerprint density at radius 1 is 0.603 bits per heavy atom. The quantitative estimate of drug-likeness (QED) is 0.0501. The molecule has 0 unspecified atom stereocenters. The first-order valence-corrected chi connectivity index (χ1v) is 17.6. The van der Waals surface area contributed by atoms with Crippen LogP contribution >= 0.6 is 0 Å². The Labute approximate surface area is 331 Å². The third-order valence-corrected chi connectivity index (χ3v) is 8.24. The lowest BCUT2D eigenvalue weighted by Gasteiger charge is -2.26. The topological polar surface area (TPSA) is 379 Å². The van der Waals surface area contributed by atoms with Gasteiger partial charge >= 0.3 is 11.9 Å².